The van der Waals surface area contributed by atoms with Gasteiger partial charge in [0.1, 0.15) is 0 Å². The molecule has 1 aromatic carbocycles. The number of pyridine rings is 1. The first-order valence-corrected chi connectivity index (χ1v) is 9.56. The molecule has 2 aromatic heterocycles. The van der Waals surface area contributed by atoms with Crippen molar-refractivity contribution >= 4 is 35.0 Å². The van der Waals surface area contributed by atoms with Gasteiger partial charge in [0, 0.05) is 16.8 Å². The Morgan fingerprint density at radius 2 is 2.00 bits per heavy atom. The Kier molecular flexibility index (Phi) is 7.34. The molecule has 0 radical (unpaired) electrons. The Balaban J connectivity index is 0.00000109. The number of esters is 1. The summed E-state index contributed by atoms with van der Waals surface area (Å²) in [6.07, 6.45) is 3.36. The highest BCUT2D eigenvalue weighted by molar-refractivity contribution is 7.98. The molecule has 0 aliphatic rings. The maximum atomic E-state index is 12.0. The van der Waals surface area contributed by atoms with Crippen LogP contribution in [0.3, 0.4) is 0 Å². The Bertz CT molecular complexity index is 834. The van der Waals surface area contributed by atoms with Gasteiger partial charge in [0.05, 0.1) is 17.8 Å². The van der Waals surface area contributed by atoms with Gasteiger partial charge in [0.25, 0.3) is 0 Å². The van der Waals surface area contributed by atoms with Gasteiger partial charge in [-0.15, -0.1) is 11.8 Å². The quantitative estimate of drug-likeness (QED) is 0.436. The molecule has 4 nitrogen and oxygen atoms in total. The molecule has 0 saturated heterocycles. The van der Waals surface area contributed by atoms with Gasteiger partial charge in [-0.1, -0.05) is 55.8 Å². The SMILES string of the molecule is CC.CCOC(=O)c1cnc2c(Cl)cc(SCc3ccccc3)cn12. The van der Waals surface area contributed by atoms with Gasteiger partial charge in [0.2, 0.25) is 0 Å². The number of aromatic nitrogens is 2. The third-order valence-corrected chi connectivity index (χ3v) is 4.58. The van der Waals surface area contributed by atoms with E-state index >= 15 is 0 Å². The van der Waals surface area contributed by atoms with E-state index in [1.165, 1.54) is 11.8 Å². The molecule has 0 saturated carbocycles. The standard InChI is InChI=1S/C17H15ClN2O2S.C2H6/c1-2-22-17(21)15-9-19-16-14(18)8-13(10-20(15)16)23-11-12-6-4-3-5-7-12;1-2/h3-10H,2,11H2,1H3;1-2H3. The van der Waals surface area contributed by atoms with Gasteiger partial charge in [-0.25, -0.2) is 9.78 Å². The van der Waals surface area contributed by atoms with Gasteiger partial charge in [-0.05, 0) is 18.6 Å². The molecule has 0 fully saturated rings. The zero-order valence-electron chi connectivity index (χ0n) is 14.5. The van der Waals surface area contributed by atoms with E-state index in [2.05, 4.69) is 17.1 Å². The highest BCUT2D eigenvalue weighted by atomic mass is 35.5. The third-order valence-electron chi connectivity index (χ3n) is 3.27. The third kappa shape index (κ3) is 4.77. The van der Waals surface area contributed by atoms with Crippen LogP contribution in [0.25, 0.3) is 5.65 Å². The second kappa shape index (κ2) is 9.49. The van der Waals surface area contributed by atoms with Crippen molar-refractivity contribution in [3.8, 4) is 0 Å². The van der Waals surface area contributed by atoms with Crippen LogP contribution in [0.4, 0.5) is 0 Å². The van der Waals surface area contributed by atoms with Crippen LogP contribution in [0.15, 0.2) is 53.7 Å². The lowest BCUT2D eigenvalue weighted by Crippen LogP contribution is -2.07. The number of rotatable bonds is 5. The Labute approximate surface area is 157 Å². The van der Waals surface area contributed by atoms with E-state index in [-0.39, 0.29) is 0 Å². The molecule has 0 spiro atoms. The van der Waals surface area contributed by atoms with Crippen molar-refractivity contribution < 1.29 is 9.53 Å². The zero-order valence-corrected chi connectivity index (χ0v) is 16.1. The van der Waals surface area contributed by atoms with Crippen LogP contribution in [0.1, 0.15) is 36.8 Å². The summed E-state index contributed by atoms with van der Waals surface area (Å²) in [5, 5.41) is 0.513. The normalized spacial score (nSPS) is 10.2. The van der Waals surface area contributed by atoms with E-state index in [1.807, 2.05) is 44.3 Å². The number of carbonyl (C=O) groups excluding carboxylic acids is 1. The summed E-state index contributed by atoms with van der Waals surface area (Å²) in [4.78, 5) is 17.2. The molecule has 0 atom stereocenters. The highest BCUT2D eigenvalue weighted by Gasteiger charge is 2.15. The fourth-order valence-corrected chi connectivity index (χ4v) is 3.43. The first-order valence-electron chi connectivity index (χ1n) is 8.19. The number of hydrogen-bond acceptors (Lipinski definition) is 4. The van der Waals surface area contributed by atoms with E-state index in [0.29, 0.717) is 23.0 Å². The van der Waals surface area contributed by atoms with Gasteiger partial charge in [-0.2, -0.15) is 0 Å². The van der Waals surface area contributed by atoms with Crippen LogP contribution in [0.5, 0.6) is 0 Å². The molecule has 132 valence electrons. The maximum absolute atomic E-state index is 12.0. The smallest absolute Gasteiger partial charge is 0.356 e. The van der Waals surface area contributed by atoms with E-state index < -0.39 is 5.97 Å². The number of hydrogen-bond donors (Lipinski definition) is 0. The van der Waals surface area contributed by atoms with Crippen LogP contribution < -0.4 is 0 Å². The number of benzene rings is 1. The molecule has 0 amide bonds. The number of nitrogens with zero attached hydrogens (tertiary/aromatic N) is 2. The van der Waals surface area contributed by atoms with Crippen molar-refractivity contribution in [3.63, 3.8) is 0 Å². The summed E-state index contributed by atoms with van der Waals surface area (Å²) >= 11 is 7.94. The molecule has 25 heavy (non-hydrogen) atoms. The summed E-state index contributed by atoms with van der Waals surface area (Å²) in [6, 6.07) is 12.0. The number of halogens is 1. The number of ether oxygens (including phenoxy) is 1. The first-order chi connectivity index (χ1) is 12.2. The molecular weight excluding hydrogens is 356 g/mol. The van der Waals surface area contributed by atoms with Gasteiger partial charge >= 0.3 is 5.97 Å². The minimum absolute atomic E-state index is 0.322. The molecule has 0 aliphatic carbocycles. The number of carbonyl (C=O) groups is 1. The summed E-state index contributed by atoms with van der Waals surface area (Å²) in [6.45, 7) is 6.09. The van der Waals surface area contributed by atoms with Crippen molar-refractivity contribution in [1.29, 1.82) is 0 Å². The number of fused-ring (bicyclic) bond motifs is 1. The van der Waals surface area contributed by atoms with Crippen molar-refractivity contribution in [2.24, 2.45) is 0 Å². The lowest BCUT2D eigenvalue weighted by atomic mass is 10.2. The summed E-state index contributed by atoms with van der Waals surface area (Å²) < 4.78 is 6.74. The Hall–Kier alpha value is -1.98. The fraction of sp³-hybridized carbons (Fsp3) is 0.263. The number of imidazole rings is 1. The monoisotopic (exact) mass is 376 g/mol. The van der Waals surface area contributed by atoms with Gasteiger partial charge < -0.3 is 4.74 Å². The molecule has 0 aliphatic heterocycles. The van der Waals surface area contributed by atoms with E-state index in [0.717, 1.165) is 10.6 Å². The van der Waals surface area contributed by atoms with E-state index in [4.69, 9.17) is 16.3 Å². The Morgan fingerprint density at radius 1 is 1.28 bits per heavy atom. The van der Waals surface area contributed by atoms with Crippen LogP contribution in [-0.2, 0) is 10.5 Å². The van der Waals surface area contributed by atoms with E-state index in [1.54, 1.807) is 23.1 Å². The molecule has 0 bridgehead atoms. The molecule has 0 N–H and O–H groups in total. The Morgan fingerprint density at radius 3 is 2.68 bits per heavy atom. The van der Waals surface area contributed by atoms with E-state index in [9.17, 15) is 4.79 Å². The van der Waals surface area contributed by atoms with Crippen LogP contribution in [0, 0.1) is 0 Å². The summed E-state index contributed by atoms with van der Waals surface area (Å²) in [7, 11) is 0. The van der Waals surface area contributed by atoms with Crippen LogP contribution in [0.2, 0.25) is 5.02 Å². The largest absolute Gasteiger partial charge is 0.461 e. The number of thioether (sulfide) groups is 1. The topological polar surface area (TPSA) is 43.6 Å². The van der Waals surface area contributed by atoms with Crippen molar-refractivity contribution in [2.75, 3.05) is 6.61 Å². The zero-order chi connectivity index (χ0) is 18.2. The average molecular weight is 377 g/mol. The molecule has 3 rings (SSSR count). The minimum Gasteiger partial charge on any atom is -0.461 e. The maximum Gasteiger partial charge on any atom is 0.356 e. The summed E-state index contributed by atoms with van der Waals surface area (Å²) in [5.41, 5.74) is 2.16. The van der Waals surface area contributed by atoms with Crippen LogP contribution in [-0.4, -0.2) is 22.0 Å². The lowest BCUT2D eigenvalue weighted by molar-refractivity contribution is 0.0518. The average Bonchev–Trinajstić information content (AvgIpc) is 3.07. The van der Waals surface area contributed by atoms with Crippen molar-refractivity contribution in [3.05, 3.63) is 65.1 Å². The summed E-state index contributed by atoms with van der Waals surface area (Å²) in [5.74, 6) is 0.424. The lowest BCUT2D eigenvalue weighted by Gasteiger charge is -2.07. The predicted octanol–water partition coefficient (Wildman–Crippen LogP) is 5.48. The van der Waals surface area contributed by atoms with Crippen molar-refractivity contribution in [2.45, 2.75) is 31.4 Å². The molecular formula is C19H21ClN2O2S. The second-order valence-electron chi connectivity index (χ2n) is 4.86. The first kappa shape index (κ1) is 19.3. The minimum atomic E-state index is -0.402. The molecule has 2 heterocycles. The molecule has 3 aromatic rings. The fourth-order valence-electron chi connectivity index (χ4n) is 2.20. The predicted molar refractivity (Wildman–Crippen MR) is 104 cm³/mol. The molecule has 6 heteroatoms. The highest BCUT2D eigenvalue weighted by Crippen LogP contribution is 2.28. The van der Waals surface area contributed by atoms with Crippen LogP contribution >= 0.6 is 23.4 Å². The van der Waals surface area contributed by atoms with Crippen molar-refractivity contribution in [1.82, 2.24) is 9.38 Å². The molecule has 0 unspecified atom stereocenters. The van der Waals surface area contributed by atoms with Gasteiger partial charge in [-0.3, -0.25) is 4.40 Å². The van der Waals surface area contributed by atoms with Gasteiger partial charge in [0.15, 0.2) is 11.3 Å². The second-order valence-corrected chi connectivity index (χ2v) is 6.31.